The molecule has 0 unspecified atom stereocenters. The van der Waals surface area contributed by atoms with Crippen molar-refractivity contribution in [2.24, 2.45) is 5.92 Å². The predicted molar refractivity (Wildman–Crippen MR) is 66.5 cm³/mol. The maximum Gasteiger partial charge on any atom is 0.326 e. The highest BCUT2D eigenvalue weighted by Crippen LogP contribution is 2.16. The van der Waals surface area contributed by atoms with Crippen LogP contribution in [0.5, 0.6) is 5.75 Å². The molecule has 1 amide bonds. The van der Waals surface area contributed by atoms with Crippen LogP contribution in [0.1, 0.15) is 30.6 Å². The van der Waals surface area contributed by atoms with Crippen LogP contribution in [-0.2, 0) is 4.79 Å². The zero-order valence-electron chi connectivity index (χ0n) is 10.4. The Balaban J connectivity index is 2.86. The number of carboxylic acid groups (broad SMARTS) is 1. The van der Waals surface area contributed by atoms with Crippen LogP contribution in [0.4, 0.5) is 0 Å². The van der Waals surface area contributed by atoms with Crippen molar-refractivity contribution in [3.63, 3.8) is 0 Å². The largest absolute Gasteiger partial charge is 0.507 e. The third-order valence-electron chi connectivity index (χ3n) is 2.91. The van der Waals surface area contributed by atoms with Gasteiger partial charge in [-0.2, -0.15) is 0 Å². The Bertz CT molecular complexity index is 444. The smallest absolute Gasteiger partial charge is 0.326 e. The molecule has 0 saturated carbocycles. The van der Waals surface area contributed by atoms with Gasteiger partial charge in [0.25, 0.3) is 5.91 Å². The summed E-state index contributed by atoms with van der Waals surface area (Å²) < 4.78 is 0. The third kappa shape index (κ3) is 3.23. The number of carbonyl (C=O) groups is 2. The SMILES string of the molecule is CC[C@H](C)[C@H](NC(=O)c1ccccc1O)C(=O)O. The van der Waals surface area contributed by atoms with Gasteiger partial charge in [-0.3, -0.25) is 4.79 Å². The van der Waals surface area contributed by atoms with Crippen molar-refractivity contribution in [3.05, 3.63) is 29.8 Å². The molecule has 0 aromatic heterocycles. The summed E-state index contributed by atoms with van der Waals surface area (Å²) in [5.41, 5.74) is 0.0760. The van der Waals surface area contributed by atoms with E-state index in [1.54, 1.807) is 19.1 Å². The summed E-state index contributed by atoms with van der Waals surface area (Å²) in [7, 11) is 0. The van der Waals surface area contributed by atoms with Crippen molar-refractivity contribution in [3.8, 4) is 5.75 Å². The molecule has 0 spiro atoms. The van der Waals surface area contributed by atoms with Gasteiger partial charge in [0.05, 0.1) is 5.56 Å². The molecule has 0 aliphatic rings. The van der Waals surface area contributed by atoms with Crippen LogP contribution in [0.3, 0.4) is 0 Å². The van der Waals surface area contributed by atoms with E-state index in [1.807, 2.05) is 6.92 Å². The van der Waals surface area contributed by atoms with Crippen LogP contribution in [0.15, 0.2) is 24.3 Å². The fourth-order valence-corrected chi connectivity index (χ4v) is 1.57. The van der Waals surface area contributed by atoms with Gasteiger partial charge in [-0.1, -0.05) is 32.4 Å². The van der Waals surface area contributed by atoms with E-state index in [2.05, 4.69) is 5.32 Å². The normalized spacial score (nSPS) is 13.7. The number of aromatic hydroxyl groups is 1. The molecule has 1 rings (SSSR count). The average Bonchev–Trinajstić information content (AvgIpc) is 2.35. The molecule has 0 heterocycles. The Kier molecular flexibility index (Phi) is 4.71. The number of hydrogen-bond donors (Lipinski definition) is 3. The first kappa shape index (κ1) is 14.0. The van der Waals surface area contributed by atoms with E-state index in [-0.39, 0.29) is 17.2 Å². The minimum absolute atomic E-state index is 0.0760. The van der Waals surface area contributed by atoms with Crippen molar-refractivity contribution in [1.29, 1.82) is 0 Å². The summed E-state index contributed by atoms with van der Waals surface area (Å²) in [5.74, 6) is -2.01. The van der Waals surface area contributed by atoms with E-state index in [9.17, 15) is 14.7 Å². The molecule has 0 fully saturated rings. The zero-order chi connectivity index (χ0) is 13.7. The summed E-state index contributed by atoms with van der Waals surface area (Å²) in [4.78, 5) is 22.9. The molecule has 98 valence electrons. The number of aliphatic carboxylic acids is 1. The number of nitrogens with one attached hydrogen (secondary N) is 1. The van der Waals surface area contributed by atoms with Gasteiger partial charge in [-0.25, -0.2) is 4.79 Å². The fourth-order valence-electron chi connectivity index (χ4n) is 1.57. The van der Waals surface area contributed by atoms with Gasteiger partial charge in [-0.15, -0.1) is 0 Å². The van der Waals surface area contributed by atoms with Crippen LogP contribution < -0.4 is 5.32 Å². The van der Waals surface area contributed by atoms with Gasteiger partial charge in [0.1, 0.15) is 11.8 Å². The molecule has 1 aromatic rings. The topological polar surface area (TPSA) is 86.6 Å². The van der Waals surface area contributed by atoms with Crippen LogP contribution in [0.25, 0.3) is 0 Å². The van der Waals surface area contributed by atoms with Crippen LogP contribution in [-0.4, -0.2) is 28.1 Å². The van der Waals surface area contributed by atoms with Crippen molar-refractivity contribution in [1.82, 2.24) is 5.32 Å². The number of benzene rings is 1. The summed E-state index contributed by atoms with van der Waals surface area (Å²) in [6.45, 7) is 3.61. The van der Waals surface area contributed by atoms with E-state index in [4.69, 9.17) is 5.11 Å². The number of amides is 1. The van der Waals surface area contributed by atoms with Crippen molar-refractivity contribution < 1.29 is 19.8 Å². The second-order valence-corrected chi connectivity index (χ2v) is 4.19. The van der Waals surface area contributed by atoms with E-state index in [0.717, 1.165) is 0 Å². The number of phenols is 1. The maximum atomic E-state index is 11.9. The fraction of sp³-hybridized carbons (Fsp3) is 0.385. The Labute approximate surface area is 105 Å². The number of hydrogen-bond acceptors (Lipinski definition) is 3. The standard InChI is InChI=1S/C13H17NO4/c1-3-8(2)11(13(17)18)14-12(16)9-6-4-5-7-10(9)15/h4-8,11,15H,3H2,1-2H3,(H,14,16)(H,17,18)/t8-,11-/m0/s1. The highest BCUT2D eigenvalue weighted by Gasteiger charge is 2.26. The lowest BCUT2D eigenvalue weighted by Gasteiger charge is -2.20. The number of carboxylic acids is 1. The Morgan fingerprint density at radius 3 is 2.44 bits per heavy atom. The Morgan fingerprint density at radius 2 is 1.94 bits per heavy atom. The summed E-state index contributed by atoms with van der Waals surface area (Å²) in [6.07, 6.45) is 0.637. The highest BCUT2D eigenvalue weighted by molar-refractivity contribution is 5.98. The van der Waals surface area contributed by atoms with Gasteiger partial charge < -0.3 is 15.5 Å². The minimum atomic E-state index is -1.08. The van der Waals surface area contributed by atoms with E-state index in [1.165, 1.54) is 12.1 Å². The first-order chi connectivity index (χ1) is 8.47. The number of rotatable bonds is 5. The van der Waals surface area contributed by atoms with Crippen LogP contribution in [0, 0.1) is 5.92 Å². The lowest BCUT2D eigenvalue weighted by Crippen LogP contribution is -2.45. The number of para-hydroxylation sites is 1. The minimum Gasteiger partial charge on any atom is -0.507 e. The van der Waals surface area contributed by atoms with E-state index < -0.39 is 17.9 Å². The van der Waals surface area contributed by atoms with Gasteiger partial charge in [0.2, 0.25) is 0 Å². The molecule has 0 radical (unpaired) electrons. The van der Waals surface area contributed by atoms with E-state index in [0.29, 0.717) is 6.42 Å². The first-order valence-corrected chi connectivity index (χ1v) is 5.79. The van der Waals surface area contributed by atoms with Crippen molar-refractivity contribution in [2.45, 2.75) is 26.3 Å². The molecule has 5 nitrogen and oxygen atoms in total. The predicted octanol–water partition coefficient (Wildman–Crippen LogP) is 1.62. The van der Waals surface area contributed by atoms with Gasteiger partial charge in [0.15, 0.2) is 0 Å². The average molecular weight is 251 g/mol. The summed E-state index contributed by atoms with van der Waals surface area (Å²) in [6, 6.07) is 5.07. The molecule has 0 saturated heterocycles. The molecular formula is C13H17NO4. The van der Waals surface area contributed by atoms with Gasteiger partial charge in [-0.05, 0) is 18.1 Å². The molecule has 3 N–H and O–H groups in total. The summed E-state index contributed by atoms with van der Waals surface area (Å²) in [5, 5.41) is 21.0. The lowest BCUT2D eigenvalue weighted by atomic mass is 9.99. The maximum absolute atomic E-state index is 11.9. The molecule has 1 aromatic carbocycles. The molecule has 0 bridgehead atoms. The lowest BCUT2D eigenvalue weighted by molar-refractivity contribution is -0.140. The first-order valence-electron chi connectivity index (χ1n) is 5.79. The zero-order valence-corrected chi connectivity index (χ0v) is 10.4. The molecule has 0 aliphatic heterocycles. The molecule has 0 aliphatic carbocycles. The Hall–Kier alpha value is -2.04. The Morgan fingerprint density at radius 1 is 1.33 bits per heavy atom. The highest BCUT2D eigenvalue weighted by atomic mass is 16.4. The second-order valence-electron chi connectivity index (χ2n) is 4.19. The van der Waals surface area contributed by atoms with E-state index >= 15 is 0 Å². The van der Waals surface area contributed by atoms with Crippen LogP contribution in [0.2, 0.25) is 0 Å². The van der Waals surface area contributed by atoms with Crippen LogP contribution >= 0.6 is 0 Å². The molecule has 18 heavy (non-hydrogen) atoms. The van der Waals surface area contributed by atoms with Gasteiger partial charge >= 0.3 is 5.97 Å². The quantitative estimate of drug-likeness (QED) is 0.742. The second kappa shape index (κ2) is 6.05. The molecule has 5 heteroatoms. The monoisotopic (exact) mass is 251 g/mol. The summed E-state index contributed by atoms with van der Waals surface area (Å²) >= 11 is 0. The number of carbonyl (C=O) groups excluding carboxylic acids is 1. The third-order valence-corrected chi connectivity index (χ3v) is 2.91. The van der Waals surface area contributed by atoms with Crippen molar-refractivity contribution >= 4 is 11.9 Å². The molecular weight excluding hydrogens is 234 g/mol. The number of phenolic OH excluding ortho intramolecular Hbond substituents is 1. The van der Waals surface area contributed by atoms with Gasteiger partial charge in [0, 0.05) is 0 Å². The molecule has 2 atom stereocenters. The van der Waals surface area contributed by atoms with Crippen molar-refractivity contribution in [2.75, 3.05) is 0 Å².